The first kappa shape index (κ1) is 28.8. The average molecular weight is 569 g/mol. The highest BCUT2D eigenvalue weighted by Gasteiger charge is 2.43. The minimum atomic E-state index is -5.09. The SMILES string of the molecule is O=C(CC(c1cccc(C(F)(F)F)c1)C(F)(F)F)Nc1ccc(Cl)c(C(=O)Nc2c(F)cc(F)cc2F)c1. The Morgan fingerprint density at radius 3 is 2.05 bits per heavy atom. The maximum absolute atomic E-state index is 13.8. The summed E-state index contributed by atoms with van der Waals surface area (Å²) in [5.41, 5.74) is -3.84. The van der Waals surface area contributed by atoms with E-state index in [1.54, 1.807) is 0 Å². The molecule has 0 heterocycles. The van der Waals surface area contributed by atoms with Crippen LogP contribution in [0.3, 0.4) is 0 Å². The zero-order chi connectivity index (χ0) is 28.4. The number of rotatable bonds is 6. The van der Waals surface area contributed by atoms with Crippen LogP contribution in [0.15, 0.2) is 54.6 Å². The molecule has 0 spiro atoms. The quantitative estimate of drug-likeness (QED) is 0.299. The minimum absolute atomic E-state index is 0.255. The lowest BCUT2D eigenvalue weighted by atomic mass is 9.93. The molecule has 38 heavy (non-hydrogen) atoms. The molecule has 3 rings (SSSR count). The first-order chi connectivity index (χ1) is 17.6. The van der Waals surface area contributed by atoms with Crippen molar-refractivity contribution in [2.24, 2.45) is 0 Å². The molecule has 0 saturated heterocycles. The second-order valence-electron chi connectivity index (χ2n) is 7.86. The first-order valence-electron chi connectivity index (χ1n) is 10.4. The monoisotopic (exact) mass is 568 g/mol. The van der Waals surface area contributed by atoms with Crippen LogP contribution in [0.4, 0.5) is 50.9 Å². The summed E-state index contributed by atoms with van der Waals surface area (Å²) in [7, 11) is 0. The number of benzene rings is 3. The van der Waals surface area contributed by atoms with E-state index in [9.17, 15) is 49.1 Å². The van der Waals surface area contributed by atoms with Gasteiger partial charge >= 0.3 is 12.4 Å². The third kappa shape index (κ3) is 6.97. The number of alkyl halides is 6. The van der Waals surface area contributed by atoms with E-state index >= 15 is 0 Å². The molecule has 0 saturated carbocycles. The van der Waals surface area contributed by atoms with Crippen molar-refractivity contribution < 1.29 is 49.1 Å². The van der Waals surface area contributed by atoms with Gasteiger partial charge in [0.2, 0.25) is 5.91 Å². The van der Waals surface area contributed by atoms with E-state index in [2.05, 4.69) is 5.32 Å². The Labute approximate surface area is 213 Å². The fourth-order valence-corrected chi connectivity index (χ4v) is 3.57. The molecule has 1 atom stereocenters. The van der Waals surface area contributed by atoms with Crippen LogP contribution in [0.5, 0.6) is 0 Å². The van der Waals surface area contributed by atoms with Gasteiger partial charge in [-0.1, -0.05) is 29.8 Å². The summed E-state index contributed by atoms with van der Waals surface area (Å²) in [6.07, 6.45) is -11.3. The van der Waals surface area contributed by atoms with Gasteiger partial charge in [-0.25, -0.2) is 13.2 Å². The lowest BCUT2D eigenvalue weighted by molar-refractivity contribution is -0.156. The van der Waals surface area contributed by atoms with Crippen LogP contribution in [0.25, 0.3) is 0 Å². The molecule has 0 aliphatic carbocycles. The Morgan fingerprint density at radius 2 is 1.47 bits per heavy atom. The lowest BCUT2D eigenvalue weighted by Gasteiger charge is -2.21. The molecule has 3 aromatic carbocycles. The van der Waals surface area contributed by atoms with Gasteiger partial charge in [-0.05, 0) is 29.8 Å². The standard InChI is InChI=1S/C24H14ClF9N2O2/c25-17-5-4-14(9-15(17)22(38)36-21-18(27)7-13(26)8-19(21)28)35-20(37)10-16(24(32,33)34)11-2-1-3-12(6-11)23(29,30)31/h1-9,16H,10H2,(H,35,37)(H,36,38). The number of amides is 2. The molecule has 0 bridgehead atoms. The van der Waals surface area contributed by atoms with E-state index < -0.39 is 76.3 Å². The van der Waals surface area contributed by atoms with Crippen molar-refractivity contribution in [1.82, 2.24) is 0 Å². The van der Waals surface area contributed by atoms with Gasteiger partial charge in [-0.2, -0.15) is 26.3 Å². The summed E-state index contributed by atoms with van der Waals surface area (Å²) in [4.78, 5) is 24.9. The highest BCUT2D eigenvalue weighted by molar-refractivity contribution is 6.34. The van der Waals surface area contributed by atoms with E-state index in [4.69, 9.17) is 11.6 Å². The van der Waals surface area contributed by atoms with Crippen LogP contribution >= 0.6 is 11.6 Å². The van der Waals surface area contributed by atoms with Gasteiger partial charge in [0, 0.05) is 24.2 Å². The summed E-state index contributed by atoms with van der Waals surface area (Å²) in [6.45, 7) is 0. The third-order valence-electron chi connectivity index (χ3n) is 5.14. The maximum Gasteiger partial charge on any atom is 0.416 e. The Balaban J connectivity index is 1.81. The molecule has 3 aromatic rings. The van der Waals surface area contributed by atoms with Crippen molar-refractivity contribution in [3.05, 3.63) is 93.8 Å². The summed E-state index contributed by atoms with van der Waals surface area (Å²) in [5, 5.41) is 3.64. The highest BCUT2D eigenvalue weighted by atomic mass is 35.5. The molecule has 202 valence electrons. The van der Waals surface area contributed by atoms with Crippen LogP contribution in [-0.4, -0.2) is 18.0 Å². The van der Waals surface area contributed by atoms with Gasteiger partial charge in [0.05, 0.1) is 22.1 Å². The van der Waals surface area contributed by atoms with Crippen molar-refractivity contribution in [3.8, 4) is 0 Å². The van der Waals surface area contributed by atoms with Crippen molar-refractivity contribution in [3.63, 3.8) is 0 Å². The van der Waals surface area contributed by atoms with Crippen molar-refractivity contribution in [2.75, 3.05) is 10.6 Å². The molecule has 4 nitrogen and oxygen atoms in total. The molecular weight excluding hydrogens is 555 g/mol. The van der Waals surface area contributed by atoms with Crippen LogP contribution < -0.4 is 10.6 Å². The van der Waals surface area contributed by atoms with Crippen LogP contribution in [0.2, 0.25) is 5.02 Å². The Bertz CT molecular complexity index is 1350. The molecule has 2 N–H and O–H groups in total. The van der Waals surface area contributed by atoms with E-state index in [1.807, 2.05) is 5.32 Å². The fourth-order valence-electron chi connectivity index (χ4n) is 3.37. The maximum atomic E-state index is 13.8. The molecule has 1 unspecified atom stereocenters. The number of anilines is 2. The van der Waals surface area contributed by atoms with Crippen LogP contribution in [0, 0.1) is 17.5 Å². The predicted molar refractivity (Wildman–Crippen MR) is 119 cm³/mol. The van der Waals surface area contributed by atoms with Gasteiger partial charge in [0.25, 0.3) is 5.91 Å². The number of hydrogen-bond donors (Lipinski definition) is 2. The zero-order valence-corrected chi connectivity index (χ0v) is 19.3. The molecular formula is C24H14ClF9N2O2. The summed E-state index contributed by atoms with van der Waals surface area (Å²) in [6, 6.07) is 6.12. The zero-order valence-electron chi connectivity index (χ0n) is 18.6. The Morgan fingerprint density at radius 1 is 0.842 bits per heavy atom. The lowest BCUT2D eigenvalue weighted by Crippen LogP contribution is -2.26. The molecule has 14 heteroatoms. The van der Waals surface area contributed by atoms with Crippen molar-refractivity contribution in [2.45, 2.75) is 24.7 Å². The summed E-state index contributed by atoms with van der Waals surface area (Å²) in [5.74, 6) is -9.19. The van der Waals surface area contributed by atoms with Crippen molar-refractivity contribution in [1.29, 1.82) is 0 Å². The Kier molecular flexibility index (Phi) is 8.30. The largest absolute Gasteiger partial charge is 0.416 e. The molecule has 0 aromatic heterocycles. The van der Waals surface area contributed by atoms with Gasteiger partial charge in [-0.15, -0.1) is 0 Å². The summed E-state index contributed by atoms with van der Waals surface area (Å²) < 4.78 is 121. The van der Waals surface area contributed by atoms with Gasteiger partial charge in [-0.3, -0.25) is 9.59 Å². The van der Waals surface area contributed by atoms with Crippen LogP contribution in [-0.2, 0) is 11.0 Å². The number of hydrogen-bond acceptors (Lipinski definition) is 2. The topological polar surface area (TPSA) is 58.2 Å². The minimum Gasteiger partial charge on any atom is -0.326 e. The molecule has 0 radical (unpaired) electrons. The van der Waals surface area contributed by atoms with Gasteiger partial charge in [0.1, 0.15) is 11.5 Å². The third-order valence-corrected chi connectivity index (χ3v) is 5.47. The number of carbonyl (C=O) groups is 2. The molecule has 0 aliphatic rings. The molecule has 2 amide bonds. The average Bonchev–Trinajstić information content (AvgIpc) is 2.79. The summed E-state index contributed by atoms with van der Waals surface area (Å²) >= 11 is 5.91. The number of halogens is 10. The first-order valence-corrected chi connectivity index (χ1v) is 10.7. The number of nitrogens with one attached hydrogen (secondary N) is 2. The second kappa shape index (κ2) is 10.9. The second-order valence-corrected chi connectivity index (χ2v) is 8.27. The van der Waals surface area contributed by atoms with Gasteiger partial charge in [0.15, 0.2) is 11.6 Å². The Hall–Kier alpha value is -3.74. The highest BCUT2D eigenvalue weighted by Crippen LogP contribution is 2.40. The van der Waals surface area contributed by atoms with E-state index in [0.717, 1.165) is 30.3 Å². The van der Waals surface area contributed by atoms with Crippen molar-refractivity contribution >= 4 is 34.8 Å². The van der Waals surface area contributed by atoms with Gasteiger partial charge < -0.3 is 10.6 Å². The number of carbonyl (C=O) groups excluding carboxylic acids is 2. The molecule has 0 aliphatic heterocycles. The van der Waals surface area contributed by atoms with E-state index in [1.165, 1.54) is 0 Å². The molecule has 0 fully saturated rings. The van der Waals surface area contributed by atoms with E-state index in [-0.39, 0.29) is 10.7 Å². The normalized spacial score (nSPS) is 12.7. The van der Waals surface area contributed by atoms with E-state index in [0.29, 0.717) is 24.3 Å². The predicted octanol–water partition coefficient (Wildman–Crippen LogP) is 7.70. The smallest absolute Gasteiger partial charge is 0.326 e. The fraction of sp³-hybridized carbons (Fsp3) is 0.167. The van der Waals surface area contributed by atoms with Crippen LogP contribution in [0.1, 0.15) is 33.8 Å².